The van der Waals surface area contributed by atoms with Crippen LogP contribution in [-0.2, 0) is 0 Å². The van der Waals surface area contributed by atoms with E-state index in [-0.39, 0.29) is 0 Å². The fourth-order valence-electron chi connectivity index (χ4n) is 3.17. The molecule has 1 saturated carbocycles. The first-order valence-corrected chi connectivity index (χ1v) is 7.06. The van der Waals surface area contributed by atoms with Gasteiger partial charge in [0.1, 0.15) is 0 Å². The summed E-state index contributed by atoms with van der Waals surface area (Å²) in [7, 11) is 3.24. The van der Waals surface area contributed by atoms with E-state index < -0.39 is 6.10 Å². The van der Waals surface area contributed by atoms with Gasteiger partial charge in [0.2, 0.25) is 0 Å². The molecule has 1 aromatic carbocycles. The summed E-state index contributed by atoms with van der Waals surface area (Å²) in [4.78, 5) is 0. The van der Waals surface area contributed by atoms with Crippen molar-refractivity contribution >= 4 is 0 Å². The third-order valence-corrected chi connectivity index (χ3v) is 4.18. The highest BCUT2D eigenvalue weighted by atomic mass is 16.5. The highest BCUT2D eigenvalue weighted by Crippen LogP contribution is 2.42. The first-order valence-electron chi connectivity index (χ1n) is 7.06. The van der Waals surface area contributed by atoms with Gasteiger partial charge in [-0.2, -0.15) is 0 Å². The van der Waals surface area contributed by atoms with E-state index in [0.29, 0.717) is 23.3 Å². The van der Waals surface area contributed by atoms with Crippen molar-refractivity contribution in [3.8, 4) is 11.5 Å². The SMILES string of the molecule is COc1cccc(C(O)C2CCCC(C)C2)c1OC. The summed E-state index contributed by atoms with van der Waals surface area (Å²) >= 11 is 0. The molecule has 19 heavy (non-hydrogen) atoms. The predicted molar refractivity (Wildman–Crippen MR) is 75.6 cm³/mol. The van der Waals surface area contributed by atoms with E-state index in [0.717, 1.165) is 18.4 Å². The molecule has 3 unspecified atom stereocenters. The predicted octanol–water partition coefficient (Wildman–Crippen LogP) is 3.56. The van der Waals surface area contributed by atoms with Gasteiger partial charge in [0.15, 0.2) is 11.5 Å². The number of aliphatic hydroxyl groups excluding tert-OH is 1. The van der Waals surface area contributed by atoms with E-state index in [1.165, 1.54) is 12.8 Å². The Morgan fingerprint density at radius 3 is 2.63 bits per heavy atom. The van der Waals surface area contributed by atoms with E-state index in [9.17, 15) is 5.11 Å². The van der Waals surface area contributed by atoms with Crippen LogP contribution in [0.5, 0.6) is 11.5 Å². The fourth-order valence-corrected chi connectivity index (χ4v) is 3.17. The summed E-state index contributed by atoms with van der Waals surface area (Å²) in [5.41, 5.74) is 0.848. The highest BCUT2D eigenvalue weighted by molar-refractivity contribution is 5.47. The Balaban J connectivity index is 2.25. The number of hydrogen-bond donors (Lipinski definition) is 1. The molecule has 1 fully saturated rings. The number of ether oxygens (including phenoxy) is 2. The second-order valence-corrected chi connectivity index (χ2v) is 5.56. The van der Waals surface area contributed by atoms with E-state index in [4.69, 9.17) is 9.47 Å². The van der Waals surface area contributed by atoms with Crippen LogP contribution in [0.1, 0.15) is 44.3 Å². The Hall–Kier alpha value is -1.22. The van der Waals surface area contributed by atoms with Crippen LogP contribution in [0.4, 0.5) is 0 Å². The Labute approximate surface area is 115 Å². The van der Waals surface area contributed by atoms with E-state index in [1.54, 1.807) is 14.2 Å². The zero-order chi connectivity index (χ0) is 13.8. The summed E-state index contributed by atoms with van der Waals surface area (Å²) < 4.78 is 10.7. The maximum absolute atomic E-state index is 10.7. The van der Waals surface area contributed by atoms with Crippen LogP contribution in [0, 0.1) is 11.8 Å². The molecular weight excluding hydrogens is 240 g/mol. The van der Waals surface area contributed by atoms with Crippen LogP contribution in [-0.4, -0.2) is 19.3 Å². The van der Waals surface area contributed by atoms with Gasteiger partial charge in [-0.1, -0.05) is 31.9 Å². The van der Waals surface area contributed by atoms with Gasteiger partial charge in [-0.25, -0.2) is 0 Å². The Kier molecular flexibility index (Phi) is 4.70. The maximum Gasteiger partial charge on any atom is 0.166 e. The molecule has 0 heterocycles. The van der Waals surface area contributed by atoms with Gasteiger partial charge in [-0.05, 0) is 30.7 Å². The van der Waals surface area contributed by atoms with E-state index in [1.807, 2.05) is 18.2 Å². The molecule has 0 bridgehead atoms. The average molecular weight is 264 g/mol. The smallest absolute Gasteiger partial charge is 0.166 e. The fraction of sp³-hybridized carbons (Fsp3) is 0.625. The normalized spacial score (nSPS) is 24.8. The second kappa shape index (κ2) is 6.29. The van der Waals surface area contributed by atoms with Crippen molar-refractivity contribution in [1.82, 2.24) is 0 Å². The number of methoxy groups -OCH3 is 2. The number of hydrogen-bond acceptors (Lipinski definition) is 3. The zero-order valence-electron chi connectivity index (χ0n) is 12.1. The largest absolute Gasteiger partial charge is 0.493 e. The minimum absolute atomic E-state index is 0.324. The van der Waals surface area contributed by atoms with Crippen molar-refractivity contribution in [2.24, 2.45) is 11.8 Å². The van der Waals surface area contributed by atoms with Crippen LogP contribution in [0.25, 0.3) is 0 Å². The molecule has 0 aliphatic heterocycles. The molecule has 1 aromatic rings. The summed E-state index contributed by atoms with van der Waals surface area (Å²) in [5, 5.41) is 10.7. The molecule has 1 N–H and O–H groups in total. The molecule has 0 aromatic heterocycles. The minimum atomic E-state index is -0.465. The molecule has 0 saturated heterocycles. The lowest BCUT2D eigenvalue weighted by atomic mass is 9.78. The summed E-state index contributed by atoms with van der Waals surface area (Å²) in [6.07, 6.45) is 4.19. The number of para-hydroxylation sites is 1. The number of aliphatic hydroxyl groups is 1. The third kappa shape index (κ3) is 3.03. The first kappa shape index (κ1) is 14.2. The second-order valence-electron chi connectivity index (χ2n) is 5.56. The first-order chi connectivity index (χ1) is 9.17. The van der Waals surface area contributed by atoms with E-state index >= 15 is 0 Å². The summed E-state index contributed by atoms with van der Waals surface area (Å²) in [6, 6.07) is 5.70. The van der Waals surface area contributed by atoms with Crippen LogP contribution < -0.4 is 9.47 Å². The van der Waals surface area contributed by atoms with Gasteiger partial charge in [-0.3, -0.25) is 0 Å². The number of benzene rings is 1. The molecule has 106 valence electrons. The standard InChI is InChI=1S/C16H24O3/c1-11-6-4-7-12(10-11)15(17)13-8-5-9-14(18-2)16(13)19-3/h5,8-9,11-12,15,17H,4,6-7,10H2,1-3H3. The summed E-state index contributed by atoms with van der Waals surface area (Å²) in [6.45, 7) is 2.27. The minimum Gasteiger partial charge on any atom is -0.493 e. The summed E-state index contributed by atoms with van der Waals surface area (Å²) in [5.74, 6) is 2.37. The average Bonchev–Trinajstić information content (AvgIpc) is 2.45. The molecule has 2 rings (SSSR count). The molecule has 3 nitrogen and oxygen atoms in total. The lowest BCUT2D eigenvalue weighted by molar-refractivity contribution is 0.0690. The Morgan fingerprint density at radius 2 is 2.00 bits per heavy atom. The molecule has 0 amide bonds. The van der Waals surface area contributed by atoms with Crippen LogP contribution in [0.3, 0.4) is 0 Å². The maximum atomic E-state index is 10.7. The van der Waals surface area contributed by atoms with Crippen molar-refractivity contribution < 1.29 is 14.6 Å². The molecule has 3 atom stereocenters. The lowest BCUT2D eigenvalue weighted by Gasteiger charge is -2.31. The highest BCUT2D eigenvalue weighted by Gasteiger charge is 2.29. The van der Waals surface area contributed by atoms with Crippen molar-refractivity contribution in [2.45, 2.75) is 38.7 Å². The van der Waals surface area contributed by atoms with Gasteiger partial charge in [-0.15, -0.1) is 0 Å². The lowest BCUT2D eigenvalue weighted by Crippen LogP contribution is -2.20. The van der Waals surface area contributed by atoms with Gasteiger partial charge < -0.3 is 14.6 Å². The molecule has 0 spiro atoms. The molecule has 1 aliphatic rings. The number of rotatable bonds is 4. The molecule has 3 heteroatoms. The van der Waals surface area contributed by atoms with Crippen LogP contribution >= 0.6 is 0 Å². The van der Waals surface area contributed by atoms with Crippen molar-refractivity contribution in [1.29, 1.82) is 0 Å². The molecule has 0 radical (unpaired) electrons. The monoisotopic (exact) mass is 264 g/mol. The van der Waals surface area contributed by atoms with Crippen LogP contribution in [0.2, 0.25) is 0 Å². The van der Waals surface area contributed by atoms with Gasteiger partial charge in [0.25, 0.3) is 0 Å². The Bertz CT molecular complexity index is 416. The van der Waals surface area contributed by atoms with Gasteiger partial charge in [0, 0.05) is 5.56 Å². The third-order valence-electron chi connectivity index (χ3n) is 4.18. The van der Waals surface area contributed by atoms with E-state index in [2.05, 4.69) is 6.92 Å². The molecule has 1 aliphatic carbocycles. The topological polar surface area (TPSA) is 38.7 Å². The Morgan fingerprint density at radius 1 is 1.21 bits per heavy atom. The van der Waals surface area contributed by atoms with Crippen LogP contribution in [0.15, 0.2) is 18.2 Å². The quantitative estimate of drug-likeness (QED) is 0.903. The zero-order valence-corrected chi connectivity index (χ0v) is 12.1. The van der Waals surface area contributed by atoms with Gasteiger partial charge >= 0.3 is 0 Å². The van der Waals surface area contributed by atoms with Crippen molar-refractivity contribution in [3.63, 3.8) is 0 Å². The van der Waals surface area contributed by atoms with Gasteiger partial charge in [0.05, 0.1) is 20.3 Å². The van der Waals surface area contributed by atoms with Crippen molar-refractivity contribution in [3.05, 3.63) is 23.8 Å². The van der Waals surface area contributed by atoms with Crippen molar-refractivity contribution in [2.75, 3.05) is 14.2 Å². The molecular formula is C16H24O3.